The van der Waals surface area contributed by atoms with E-state index in [0.29, 0.717) is 21.5 Å². The van der Waals surface area contributed by atoms with E-state index >= 15 is 0 Å². The normalized spacial score (nSPS) is 21.5. The first-order valence-electron chi connectivity index (χ1n) is 9.38. The zero-order chi connectivity index (χ0) is 19.4. The van der Waals surface area contributed by atoms with Gasteiger partial charge in [0.05, 0.1) is 12.6 Å². The molecule has 0 radical (unpaired) electrons. The molecule has 2 aliphatic heterocycles. The van der Waals surface area contributed by atoms with E-state index in [4.69, 9.17) is 0 Å². The third-order valence-corrected chi connectivity index (χ3v) is 6.03. The van der Waals surface area contributed by atoms with Gasteiger partial charge in [0.25, 0.3) is 5.91 Å². The molecule has 5 rings (SSSR count). The second kappa shape index (κ2) is 6.55. The number of carbonyl (C=O) groups is 1. The van der Waals surface area contributed by atoms with Crippen LogP contribution in [-0.4, -0.2) is 45.0 Å². The number of benzene rings is 1. The molecule has 2 atom stereocenters. The van der Waals surface area contributed by atoms with Crippen LogP contribution in [0.15, 0.2) is 41.0 Å². The van der Waals surface area contributed by atoms with Crippen molar-refractivity contribution in [1.82, 2.24) is 19.5 Å². The topological polar surface area (TPSA) is 53.7 Å². The molecule has 0 saturated carbocycles. The van der Waals surface area contributed by atoms with Crippen LogP contribution >= 0.6 is 15.9 Å². The summed E-state index contributed by atoms with van der Waals surface area (Å²) < 4.78 is 17.2. The zero-order valence-electron chi connectivity index (χ0n) is 15.3. The largest absolute Gasteiger partial charge is 0.356 e. The summed E-state index contributed by atoms with van der Waals surface area (Å²) in [5.74, 6) is 0.582. The minimum atomic E-state index is -1.20. The Morgan fingerprint density at radius 1 is 1.21 bits per heavy atom. The molecular weight excluding hydrogens is 425 g/mol. The molecule has 8 heteroatoms. The van der Waals surface area contributed by atoms with Gasteiger partial charge in [0.2, 0.25) is 0 Å². The zero-order valence-corrected chi connectivity index (χ0v) is 16.9. The molecule has 28 heavy (non-hydrogen) atoms. The second-order valence-corrected chi connectivity index (χ2v) is 8.12. The number of halogens is 2. The van der Waals surface area contributed by atoms with Crippen LogP contribution in [-0.2, 0) is 0 Å². The first-order chi connectivity index (χ1) is 13.5. The van der Waals surface area contributed by atoms with E-state index in [1.807, 2.05) is 25.1 Å². The maximum atomic E-state index is 14.8. The Labute approximate surface area is 170 Å². The van der Waals surface area contributed by atoms with Crippen LogP contribution in [0.3, 0.4) is 0 Å². The highest BCUT2D eigenvalue weighted by Gasteiger charge is 2.35. The SMILES string of the molecule is CC1c2ccccc2C(F)CN1C(=O)c1cc(N2CCC2)n2nc(Br)cc2n1. The van der Waals surface area contributed by atoms with Gasteiger partial charge < -0.3 is 9.80 Å². The summed E-state index contributed by atoms with van der Waals surface area (Å²) >= 11 is 3.39. The van der Waals surface area contributed by atoms with E-state index in [1.54, 1.807) is 27.6 Å². The number of amides is 1. The molecule has 2 aromatic heterocycles. The number of carbonyl (C=O) groups excluding carboxylic acids is 1. The molecule has 2 aliphatic rings. The van der Waals surface area contributed by atoms with E-state index in [9.17, 15) is 9.18 Å². The third kappa shape index (κ3) is 2.70. The standard InChI is InChI=1S/C20H19BrFN5O/c1-12-13-5-2-3-6-14(13)15(22)11-26(12)20(28)16-9-19(25-7-4-8-25)27-18(23-16)10-17(21)24-27/h2-3,5-6,9-10,12,15H,4,7-8,11H2,1H3. The van der Waals surface area contributed by atoms with Gasteiger partial charge in [0, 0.05) is 25.2 Å². The van der Waals surface area contributed by atoms with Crippen molar-refractivity contribution in [3.8, 4) is 0 Å². The predicted octanol–water partition coefficient (Wildman–Crippen LogP) is 3.93. The Balaban J connectivity index is 1.56. The lowest BCUT2D eigenvalue weighted by Gasteiger charge is -2.37. The fourth-order valence-corrected chi connectivity index (χ4v) is 4.35. The Kier molecular flexibility index (Phi) is 4.12. The number of alkyl halides is 1. The maximum Gasteiger partial charge on any atom is 0.273 e. The van der Waals surface area contributed by atoms with Crippen molar-refractivity contribution in [1.29, 1.82) is 0 Å². The summed E-state index contributed by atoms with van der Waals surface area (Å²) in [6.45, 7) is 3.81. The lowest BCUT2D eigenvalue weighted by Crippen LogP contribution is -2.41. The Bertz CT molecular complexity index is 1080. The highest BCUT2D eigenvalue weighted by molar-refractivity contribution is 9.10. The van der Waals surface area contributed by atoms with E-state index < -0.39 is 6.17 Å². The maximum absolute atomic E-state index is 14.8. The molecule has 0 bridgehead atoms. The molecule has 1 fully saturated rings. The van der Waals surface area contributed by atoms with Crippen molar-refractivity contribution in [2.24, 2.45) is 0 Å². The lowest BCUT2D eigenvalue weighted by molar-refractivity contribution is 0.0585. The van der Waals surface area contributed by atoms with Crippen LogP contribution in [0.4, 0.5) is 10.2 Å². The fourth-order valence-electron chi connectivity index (χ4n) is 3.99. The van der Waals surface area contributed by atoms with Crippen molar-refractivity contribution >= 4 is 33.3 Å². The summed E-state index contributed by atoms with van der Waals surface area (Å²) in [7, 11) is 0. The molecule has 0 N–H and O–H groups in total. The summed E-state index contributed by atoms with van der Waals surface area (Å²) in [5.41, 5.74) is 2.44. The molecule has 0 spiro atoms. The molecule has 144 valence electrons. The Morgan fingerprint density at radius 3 is 2.68 bits per heavy atom. The molecule has 1 amide bonds. The van der Waals surface area contributed by atoms with Crippen LogP contribution in [0.5, 0.6) is 0 Å². The number of rotatable bonds is 2. The number of fused-ring (bicyclic) bond motifs is 2. The number of hydrogen-bond donors (Lipinski definition) is 0. The van der Waals surface area contributed by atoms with Crippen molar-refractivity contribution in [2.45, 2.75) is 25.6 Å². The Hall–Kier alpha value is -2.48. The fraction of sp³-hybridized carbons (Fsp3) is 0.350. The molecule has 0 aliphatic carbocycles. The molecule has 2 unspecified atom stereocenters. The van der Waals surface area contributed by atoms with Crippen molar-refractivity contribution in [3.63, 3.8) is 0 Å². The van der Waals surface area contributed by atoms with Crippen LogP contribution in [0.1, 0.15) is 47.2 Å². The van der Waals surface area contributed by atoms with E-state index in [-0.39, 0.29) is 18.5 Å². The summed E-state index contributed by atoms with van der Waals surface area (Å²) in [4.78, 5) is 21.6. The smallest absolute Gasteiger partial charge is 0.273 e. The third-order valence-electron chi connectivity index (χ3n) is 5.65. The molecule has 3 aromatic rings. The molecule has 1 aromatic carbocycles. The first-order valence-corrected chi connectivity index (χ1v) is 10.2. The van der Waals surface area contributed by atoms with Gasteiger partial charge in [-0.3, -0.25) is 4.79 Å². The lowest BCUT2D eigenvalue weighted by atomic mass is 9.92. The van der Waals surface area contributed by atoms with Gasteiger partial charge in [-0.15, -0.1) is 0 Å². The second-order valence-electron chi connectivity index (χ2n) is 7.31. The number of hydrogen-bond acceptors (Lipinski definition) is 4. The summed E-state index contributed by atoms with van der Waals surface area (Å²) in [6.07, 6.45) is -0.0852. The molecule has 6 nitrogen and oxygen atoms in total. The van der Waals surface area contributed by atoms with E-state index in [0.717, 1.165) is 30.9 Å². The van der Waals surface area contributed by atoms with Crippen LogP contribution < -0.4 is 4.90 Å². The van der Waals surface area contributed by atoms with Crippen LogP contribution in [0, 0.1) is 0 Å². The quantitative estimate of drug-likeness (QED) is 0.601. The van der Waals surface area contributed by atoms with Gasteiger partial charge in [-0.1, -0.05) is 24.3 Å². The van der Waals surface area contributed by atoms with Gasteiger partial charge >= 0.3 is 0 Å². The van der Waals surface area contributed by atoms with Gasteiger partial charge in [0.1, 0.15) is 22.3 Å². The van der Waals surface area contributed by atoms with Crippen molar-refractivity contribution < 1.29 is 9.18 Å². The minimum absolute atomic E-state index is 0.0336. The average molecular weight is 444 g/mol. The van der Waals surface area contributed by atoms with E-state index in [1.165, 1.54) is 0 Å². The highest BCUT2D eigenvalue weighted by Crippen LogP contribution is 2.37. The van der Waals surface area contributed by atoms with Crippen molar-refractivity contribution in [3.05, 3.63) is 57.8 Å². The number of anilines is 1. The van der Waals surface area contributed by atoms with Gasteiger partial charge in [0.15, 0.2) is 5.65 Å². The van der Waals surface area contributed by atoms with Crippen LogP contribution in [0.2, 0.25) is 0 Å². The van der Waals surface area contributed by atoms with Gasteiger partial charge in [-0.25, -0.2) is 9.37 Å². The first kappa shape index (κ1) is 17.6. The molecular formula is C20H19BrFN5O. The summed E-state index contributed by atoms with van der Waals surface area (Å²) in [5, 5.41) is 4.43. The summed E-state index contributed by atoms with van der Waals surface area (Å²) in [6, 6.07) is 10.8. The molecule has 1 saturated heterocycles. The van der Waals surface area contributed by atoms with Gasteiger partial charge in [-0.05, 0) is 40.4 Å². The highest BCUT2D eigenvalue weighted by atomic mass is 79.9. The number of nitrogens with zero attached hydrogens (tertiary/aromatic N) is 5. The van der Waals surface area contributed by atoms with Gasteiger partial charge in [-0.2, -0.15) is 9.61 Å². The Morgan fingerprint density at radius 2 is 1.96 bits per heavy atom. The average Bonchev–Trinajstić information content (AvgIpc) is 3.03. The number of aromatic nitrogens is 3. The minimum Gasteiger partial charge on any atom is -0.356 e. The van der Waals surface area contributed by atoms with Crippen LogP contribution in [0.25, 0.3) is 5.65 Å². The predicted molar refractivity (Wildman–Crippen MR) is 107 cm³/mol. The van der Waals surface area contributed by atoms with Crippen molar-refractivity contribution in [2.75, 3.05) is 24.5 Å². The van der Waals surface area contributed by atoms with E-state index in [2.05, 4.69) is 30.9 Å². The monoisotopic (exact) mass is 443 g/mol. The molecule has 4 heterocycles.